The zero-order chi connectivity index (χ0) is 30.9. The van der Waals surface area contributed by atoms with E-state index in [0.717, 1.165) is 29.3 Å². The maximum atomic E-state index is 6.35. The van der Waals surface area contributed by atoms with Gasteiger partial charge in [0.2, 0.25) is 5.36 Å². The molecule has 2 atom stereocenters. The number of piperidine rings is 1. The van der Waals surface area contributed by atoms with Crippen LogP contribution in [0.5, 0.6) is 0 Å². The fraction of sp³-hybridized carbons (Fsp3) is 0.341. The molecule has 0 saturated carbocycles. The lowest BCUT2D eigenvalue weighted by Gasteiger charge is -2.42. The number of fused-ring (bicyclic) bond motifs is 1. The number of hydrogen-bond acceptors (Lipinski definition) is 1. The van der Waals surface area contributed by atoms with Crippen molar-refractivity contribution >= 4 is 34.3 Å². The van der Waals surface area contributed by atoms with E-state index in [1.807, 2.05) is 24.3 Å². The molecule has 0 amide bonds. The highest BCUT2D eigenvalue weighted by molar-refractivity contribution is 6.30. The number of benzene rings is 3. The molecule has 0 radical (unpaired) electrons. The van der Waals surface area contributed by atoms with Crippen molar-refractivity contribution < 1.29 is 0 Å². The summed E-state index contributed by atoms with van der Waals surface area (Å²) < 4.78 is 2.62. The largest absolute Gasteiger partial charge is 0.299 e. The van der Waals surface area contributed by atoms with Gasteiger partial charge >= 0.3 is 0 Å². The van der Waals surface area contributed by atoms with Crippen molar-refractivity contribution in [3.63, 3.8) is 0 Å². The third-order valence-corrected chi connectivity index (χ3v) is 10.7. The summed E-state index contributed by atoms with van der Waals surface area (Å²) in [7, 11) is 2.29. The Kier molecular flexibility index (Phi) is 9.00. The van der Waals surface area contributed by atoms with Crippen molar-refractivity contribution in [2.24, 2.45) is 5.92 Å². The summed E-state index contributed by atoms with van der Waals surface area (Å²) in [6.07, 6.45) is 20.2. The van der Waals surface area contributed by atoms with Crippen LogP contribution in [0.4, 0.5) is 0 Å². The first-order chi connectivity index (χ1) is 22.0. The Morgan fingerprint density at radius 1 is 0.889 bits per heavy atom. The van der Waals surface area contributed by atoms with Crippen molar-refractivity contribution in [2.45, 2.75) is 57.9 Å². The standard InChI is InChI=1S/C41H43Cl2N2/c1-3-28-24-34(25-31-8-5-21-44(2)40(28)31)38(29-13-17-36(42)18-14-29)11-4-12-39(30-15-19-37(43)20-16-30)35-26-32-9-6-22-45-23-7-10-33(27-35)41(32)45/h4,11-20,24-27,31,40H,3,5-10,21-23H2,1-2H3/q+1/b12-4+,38-11+. The van der Waals surface area contributed by atoms with Crippen LogP contribution in [0.2, 0.25) is 10.0 Å². The summed E-state index contributed by atoms with van der Waals surface area (Å²) in [5, 5.41) is 4.33. The van der Waals surface area contributed by atoms with Gasteiger partial charge in [-0.1, -0.05) is 90.3 Å². The molecule has 3 heterocycles. The van der Waals surface area contributed by atoms with Gasteiger partial charge in [-0.25, -0.2) is 4.58 Å². The molecule has 3 aromatic carbocycles. The van der Waals surface area contributed by atoms with Crippen molar-refractivity contribution in [1.29, 1.82) is 0 Å². The highest BCUT2D eigenvalue weighted by Gasteiger charge is 2.33. The number of likely N-dealkylation sites (tertiary alicyclic amines) is 1. The average molecular weight is 635 g/mol. The first-order valence-electron chi connectivity index (χ1n) is 16.8. The first-order valence-corrected chi connectivity index (χ1v) is 17.6. The number of halogens is 2. The fourth-order valence-corrected chi connectivity index (χ4v) is 8.40. The summed E-state index contributed by atoms with van der Waals surface area (Å²) in [5.74, 6) is 0.543. The molecule has 3 aliphatic heterocycles. The molecule has 0 aromatic heterocycles. The molecule has 45 heavy (non-hydrogen) atoms. The van der Waals surface area contributed by atoms with Gasteiger partial charge in [-0.3, -0.25) is 4.90 Å². The number of aryl methyl sites for hydroxylation is 2. The van der Waals surface area contributed by atoms with Crippen molar-refractivity contribution in [3.05, 3.63) is 145 Å². The Labute approximate surface area is 278 Å². The lowest BCUT2D eigenvalue weighted by atomic mass is 9.76. The maximum Gasteiger partial charge on any atom is 0.206 e. The molecule has 7 rings (SSSR count). The molecule has 0 N–H and O–H groups in total. The number of likely N-dealkylation sites (N-methyl/N-ethyl adjacent to an activating group) is 1. The summed E-state index contributed by atoms with van der Waals surface area (Å²) in [6.45, 7) is 5.86. The zero-order valence-corrected chi connectivity index (χ0v) is 28.0. The van der Waals surface area contributed by atoms with Crippen molar-refractivity contribution in [2.75, 3.05) is 26.7 Å². The van der Waals surface area contributed by atoms with E-state index >= 15 is 0 Å². The quantitative estimate of drug-likeness (QED) is 0.196. The summed E-state index contributed by atoms with van der Waals surface area (Å²) in [4.78, 5) is 2.56. The number of nitrogens with zero attached hydrogens (tertiary/aromatic N) is 2. The van der Waals surface area contributed by atoms with Crippen molar-refractivity contribution in [3.8, 4) is 0 Å². The first kappa shape index (κ1) is 30.5. The number of hydrogen-bond donors (Lipinski definition) is 0. The van der Waals surface area contributed by atoms with Gasteiger partial charge in [-0.05, 0) is 121 Å². The molecular weight excluding hydrogens is 591 g/mol. The van der Waals surface area contributed by atoms with Crippen LogP contribution in [0, 0.1) is 5.92 Å². The van der Waals surface area contributed by atoms with E-state index in [9.17, 15) is 0 Å². The molecule has 4 heteroatoms. The molecule has 0 bridgehead atoms. The molecule has 0 spiro atoms. The summed E-state index contributed by atoms with van der Waals surface area (Å²) in [6, 6.07) is 22.1. The van der Waals surface area contributed by atoms with Crippen LogP contribution in [-0.4, -0.2) is 37.6 Å². The van der Waals surface area contributed by atoms with Crippen LogP contribution in [0.3, 0.4) is 0 Å². The van der Waals surface area contributed by atoms with E-state index in [1.165, 1.54) is 100 Å². The van der Waals surface area contributed by atoms with E-state index in [-0.39, 0.29) is 0 Å². The van der Waals surface area contributed by atoms with Crippen LogP contribution in [0.25, 0.3) is 11.1 Å². The van der Waals surface area contributed by atoms with Gasteiger partial charge in [0.1, 0.15) is 13.1 Å². The molecule has 1 saturated heterocycles. The minimum absolute atomic E-state index is 0.514. The zero-order valence-electron chi connectivity index (χ0n) is 26.5. The van der Waals surface area contributed by atoms with Crippen LogP contribution in [0.15, 0.2) is 102 Å². The molecule has 4 aliphatic rings. The van der Waals surface area contributed by atoms with E-state index in [0.29, 0.717) is 12.0 Å². The second kappa shape index (κ2) is 13.3. The molecule has 3 aromatic rings. The Bertz CT molecular complexity index is 1800. The van der Waals surface area contributed by atoms with Gasteiger partial charge in [0.15, 0.2) is 0 Å². The van der Waals surface area contributed by atoms with Gasteiger partial charge in [-0.15, -0.1) is 0 Å². The third-order valence-electron chi connectivity index (χ3n) is 10.2. The smallest absolute Gasteiger partial charge is 0.206 e. The normalized spacial score (nSPS) is 21.7. The highest BCUT2D eigenvalue weighted by Crippen LogP contribution is 2.39. The monoisotopic (exact) mass is 633 g/mol. The minimum atomic E-state index is 0.514. The summed E-state index contributed by atoms with van der Waals surface area (Å²) >= 11 is 12.7. The van der Waals surface area contributed by atoms with Crippen LogP contribution >= 0.6 is 23.2 Å². The molecule has 230 valence electrons. The lowest BCUT2D eigenvalue weighted by molar-refractivity contribution is 0.168. The van der Waals surface area contributed by atoms with Crippen LogP contribution in [0.1, 0.15) is 61.3 Å². The SMILES string of the molecule is CCC1=CC(/C(=C/C=C/C(c2ccc(Cl)cc2)=c2cc3c4c(c2)CCC[N+]=4CCC3)c2ccc(Cl)cc2)=CC2CCCN(C)C12. The van der Waals surface area contributed by atoms with E-state index < -0.39 is 0 Å². The van der Waals surface area contributed by atoms with Crippen LogP contribution in [-0.2, 0) is 12.8 Å². The van der Waals surface area contributed by atoms with Gasteiger partial charge in [-0.2, -0.15) is 0 Å². The van der Waals surface area contributed by atoms with E-state index in [1.54, 1.807) is 0 Å². The third kappa shape index (κ3) is 6.30. The van der Waals surface area contributed by atoms with E-state index in [4.69, 9.17) is 23.2 Å². The molecule has 1 aliphatic carbocycles. The molecule has 1 fully saturated rings. The van der Waals surface area contributed by atoms with E-state index in [2.05, 4.69) is 90.2 Å². The predicted octanol–water partition coefficient (Wildman–Crippen LogP) is 8.20. The second-order valence-corrected chi connectivity index (χ2v) is 14.0. The maximum absolute atomic E-state index is 6.35. The Morgan fingerprint density at radius 2 is 1.53 bits per heavy atom. The molecular formula is C41H43Cl2N2+. The topological polar surface area (TPSA) is 6.25 Å². The van der Waals surface area contributed by atoms with Gasteiger partial charge < -0.3 is 0 Å². The molecule has 2 unspecified atom stereocenters. The second-order valence-electron chi connectivity index (χ2n) is 13.1. The lowest BCUT2D eigenvalue weighted by Crippen LogP contribution is -2.44. The van der Waals surface area contributed by atoms with Crippen molar-refractivity contribution in [1.82, 2.24) is 9.48 Å². The fourth-order valence-electron chi connectivity index (χ4n) is 8.15. The Hall–Kier alpha value is -3.17. The van der Waals surface area contributed by atoms with Gasteiger partial charge in [0, 0.05) is 40.1 Å². The minimum Gasteiger partial charge on any atom is -0.299 e. The van der Waals surface area contributed by atoms with Gasteiger partial charge in [0.05, 0.1) is 0 Å². The number of allylic oxidation sites excluding steroid dienone is 6. The van der Waals surface area contributed by atoms with Crippen LogP contribution < -0.4 is 15.2 Å². The Morgan fingerprint density at radius 3 is 2.18 bits per heavy atom. The van der Waals surface area contributed by atoms with Gasteiger partial charge in [0.25, 0.3) is 0 Å². The molecule has 2 nitrogen and oxygen atoms in total. The predicted molar refractivity (Wildman–Crippen MR) is 191 cm³/mol. The number of rotatable bonds is 6. The highest BCUT2D eigenvalue weighted by atomic mass is 35.5. The summed E-state index contributed by atoms with van der Waals surface area (Å²) in [5.41, 5.74) is 10.7. The average Bonchev–Trinajstić information content (AvgIpc) is 3.06. The Balaban J connectivity index is 1.37.